The van der Waals surface area contributed by atoms with Gasteiger partial charge in [0.25, 0.3) is 0 Å². The molecule has 0 bridgehead atoms. The summed E-state index contributed by atoms with van der Waals surface area (Å²) in [7, 11) is 0. The van der Waals surface area contributed by atoms with Gasteiger partial charge >= 0.3 is 0 Å². The number of aliphatic hydroxyl groups excluding tert-OH is 1. The molecule has 2 aliphatic rings. The molecule has 1 N–H and O–H groups in total. The van der Waals surface area contributed by atoms with Gasteiger partial charge in [0.2, 0.25) is 0 Å². The second-order valence-electron chi connectivity index (χ2n) is 4.71. The number of fused-ring (bicyclic) bond motifs is 1. The zero-order chi connectivity index (χ0) is 10.3. The van der Waals surface area contributed by atoms with Crippen LogP contribution in [0.1, 0.15) is 18.4 Å². The van der Waals surface area contributed by atoms with Crippen LogP contribution in [0.2, 0.25) is 0 Å². The van der Waals surface area contributed by atoms with E-state index in [4.69, 9.17) is 4.74 Å². The van der Waals surface area contributed by atoms with Crippen molar-refractivity contribution in [1.82, 2.24) is 0 Å². The molecule has 0 aromatic heterocycles. The highest BCUT2D eigenvalue weighted by Crippen LogP contribution is 2.39. The molecular weight excluding hydrogens is 188 g/mol. The lowest BCUT2D eigenvalue weighted by molar-refractivity contribution is 0.0490. The van der Waals surface area contributed by atoms with E-state index in [-0.39, 0.29) is 6.10 Å². The monoisotopic (exact) mass is 204 g/mol. The molecule has 1 aliphatic heterocycles. The Bertz CT molecular complexity index is 357. The van der Waals surface area contributed by atoms with Crippen LogP contribution in [0.4, 0.5) is 0 Å². The summed E-state index contributed by atoms with van der Waals surface area (Å²) < 4.78 is 5.68. The van der Waals surface area contributed by atoms with Crippen molar-refractivity contribution in [1.29, 1.82) is 0 Å². The first-order valence-corrected chi connectivity index (χ1v) is 5.73. The van der Waals surface area contributed by atoms with Crippen LogP contribution < -0.4 is 4.74 Å². The Hall–Kier alpha value is -1.02. The van der Waals surface area contributed by atoms with Crippen molar-refractivity contribution in [3.8, 4) is 5.75 Å². The third kappa shape index (κ3) is 1.74. The first kappa shape index (κ1) is 9.22. The van der Waals surface area contributed by atoms with Crippen molar-refractivity contribution in [3.05, 3.63) is 29.8 Å². The lowest BCUT2D eigenvalue weighted by Gasteiger charge is -2.28. The quantitative estimate of drug-likeness (QED) is 0.798. The normalized spacial score (nSPS) is 26.6. The SMILES string of the molecule is OC(C1CC1)C1COc2ccccc2C1. The van der Waals surface area contributed by atoms with Crippen LogP contribution in [0, 0.1) is 11.8 Å². The van der Waals surface area contributed by atoms with Gasteiger partial charge in [-0.3, -0.25) is 0 Å². The molecule has 0 amide bonds. The maximum Gasteiger partial charge on any atom is 0.122 e. The van der Waals surface area contributed by atoms with Crippen molar-refractivity contribution < 1.29 is 9.84 Å². The molecule has 80 valence electrons. The van der Waals surface area contributed by atoms with E-state index in [1.54, 1.807) is 0 Å². The number of rotatable bonds is 2. The Morgan fingerprint density at radius 1 is 1.20 bits per heavy atom. The van der Waals surface area contributed by atoms with Crippen molar-refractivity contribution in [2.75, 3.05) is 6.61 Å². The van der Waals surface area contributed by atoms with Crippen molar-refractivity contribution in [2.45, 2.75) is 25.4 Å². The molecule has 1 aromatic rings. The lowest BCUT2D eigenvalue weighted by Crippen LogP contribution is -2.32. The third-order valence-electron chi connectivity index (χ3n) is 3.50. The van der Waals surface area contributed by atoms with Gasteiger partial charge in [0.05, 0.1) is 12.7 Å². The van der Waals surface area contributed by atoms with Crippen LogP contribution in [0.5, 0.6) is 5.75 Å². The van der Waals surface area contributed by atoms with Crippen molar-refractivity contribution in [2.24, 2.45) is 11.8 Å². The predicted octanol–water partition coefficient (Wildman–Crippen LogP) is 2.01. The van der Waals surface area contributed by atoms with Crippen LogP contribution in [0.15, 0.2) is 24.3 Å². The molecule has 1 heterocycles. The minimum Gasteiger partial charge on any atom is -0.493 e. The van der Waals surface area contributed by atoms with E-state index < -0.39 is 0 Å². The number of ether oxygens (including phenoxy) is 1. The topological polar surface area (TPSA) is 29.5 Å². The summed E-state index contributed by atoms with van der Waals surface area (Å²) >= 11 is 0. The highest BCUT2D eigenvalue weighted by molar-refractivity contribution is 5.35. The van der Waals surface area contributed by atoms with Crippen LogP contribution in [0.25, 0.3) is 0 Å². The molecule has 1 saturated carbocycles. The van der Waals surface area contributed by atoms with E-state index in [2.05, 4.69) is 6.07 Å². The van der Waals surface area contributed by atoms with Gasteiger partial charge in [-0.2, -0.15) is 0 Å². The zero-order valence-corrected chi connectivity index (χ0v) is 8.73. The molecule has 2 nitrogen and oxygen atoms in total. The standard InChI is InChI=1S/C13H16O2/c14-13(9-5-6-9)11-7-10-3-1-2-4-12(10)15-8-11/h1-4,9,11,13-14H,5-8H2. The lowest BCUT2D eigenvalue weighted by atomic mass is 9.90. The van der Waals surface area contributed by atoms with Crippen LogP contribution in [-0.4, -0.2) is 17.8 Å². The van der Waals surface area contributed by atoms with Crippen molar-refractivity contribution >= 4 is 0 Å². The Balaban J connectivity index is 1.76. The fraction of sp³-hybridized carbons (Fsp3) is 0.538. The van der Waals surface area contributed by atoms with E-state index in [0.717, 1.165) is 12.2 Å². The van der Waals surface area contributed by atoms with Gasteiger partial charge in [-0.1, -0.05) is 18.2 Å². The summed E-state index contributed by atoms with van der Waals surface area (Å²) in [4.78, 5) is 0. The fourth-order valence-corrected chi connectivity index (χ4v) is 2.39. The molecule has 2 unspecified atom stereocenters. The minimum atomic E-state index is -0.154. The molecule has 3 rings (SSSR count). The Kier molecular flexibility index (Phi) is 2.17. The molecule has 0 radical (unpaired) electrons. The smallest absolute Gasteiger partial charge is 0.122 e. The second kappa shape index (κ2) is 3.53. The average molecular weight is 204 g/mol. The Morgan fingerprint density at radius 3 is 2.80 bits per heavy atom. The molecule has 1 aromatic carbocycles. The van der Waals surface area contributed by atoms with Gasteiger partial charge in [-0.25, -0.2) is 0 Å². The van der Waals surface area contributed by atoms with E-state index >= 15 is 0 Å². The van der Waals surface area contributed by atoms with E-state index in [0.29, 0.717) is 18.4 Å². The fourth-order valence-electron chi connectivity index (χ4n) is 2.39. The van der Waals surface area contributed by atoms with Gasteiger partial charge in [0.15, 0.2) is 0 Å². The number of aliphatic hydroxyl groups is 1. The Morgan fingerprint density at radius 2 is 2.00 bits per heavy atom. The number of para-hydroxylation sites is 1. The van der Waals surface area contributed by atoms with Gasteiger partial charge in [0.1, 0.15) is 5.75 Å². The number of benzene rings is 1. The van der Waals surface area contributed by atoms with Gasteiger partial charge in [0, 0.05) is 5.92 Å². The third-order valence-corrected chi connectivity index (χ3v) is 3.50. The summed E-state index contributed by atoms with van der Waals surface area (Å²) in [6, 6.07) is 8.14. The summed E-state index contributed by atoms with van der Waals surface area (Å²) in [6.07, 6.45) is 3.20. The van der Waals surface area contributed by atoms with Crippen LogP contribution in [0.3, 0.4) is 0 Å². The van der Waals surface area contributed by atoms with E-state index in [1.807, 2.05) is 18.2 Å². The highest BCUT2D eigenvalue weighted by Gasteiger charge is 2.37. The van der Waals surface area contributed by atoms with Crippen LogP contribution >= 0.6 is 0 Å². The maximum absolute atomic E-state index is 10.1. The maximum atomic E-state index is 10.1. The molecule has 15 heavy (non-hydrogen) atoms. The largest absolute Gasteiger partial charge is 0.493 e. The second-order valence-corrected chi connectivity index (χ2v) is 4.71. The highest BCUT2D eigenvalue weighted by atomic mass is 16.5. The van der Waals surface area contributed by atoms with E-state index in [1.165, 1.54) is 18.4 Å². The summed E-state index contributed by atoms with van der Waals surface area (Å²) in [5, 5.41) is 10.1. The average Bonchev–Trinajstić information content (AvgIpc) is 3.11. The van der Waals surface area contributed by atoms with Crippen molar-refractivity contribution in [3.63, 3.8) is 0 Å². The first-order chi connectivity index (χ1) is 7.34. The summed E-state index contributed by atoms with van der Waals surface area (Å²) in [5.41, 5.74) is 1.24. The van der Waals surface area contributed by atoms with Gasteiger partial charge in [-0.15, -0.1) is 0 Å². The molecular formula is C13H16O2. The minimum absolute atomic E-state index is 0.154. The number of hydrogen-bond acceptors (Lipinski definition) is 2. The molecule has 0 spiro atoms. The van der Waals surface area contributed by atoms with Crippen LogP contribution in [-0.2, 0) is 6.42 Å². The molecule has 0 saturated heterocycles. The Labute approximate surface area is 89.9 Å². The van der Waals surface area contributed by atoms with Gasteiger partial charge < -0.3 is 9.84 Å². The predicted molar refractivity (Wildman–Crippen MR) is 57.9 cm³/mol. The molecule has 2 heteroatoms. The summed E-state index contributed by atoms with van der Waals surface area (Å²) in [5.74, 6) is 1.84. The molecule has 1 aliphatic carbocycles. The van der Waals surface area contributed by atoms with E-state index in [9.17, 15) is 5.11 Å². The molecule has 1 fully saturated rings. The van der Waals surface area contributed by atoms with Gasteiger partial charge in [-0.05, 0) is 36.8 Å². The first-order valence-electron chi connectivity index (χ1n) is 5.73. The zero-order valence-electron chi connectivity index (χ0n) is 8.73. The summed E-state index contributed by atoms with van der Waals surface area (Å²) in [6.45, 7) is 0.675. The molecule has 2 atom stereocenters. The number of hydrogen-bond donors (Lipinski definition) is 1.